The van der Waals surface area contributed by atoms with E-state index < -0.39 is 11.9 Å². The number of likely N-dealkylation sites (tertiary alicyclic amines) is 1. The van der Waals surface area contributed by atoms with E-state index in [2.05, 4.69) is 15.5 Å². The predicted molar refractivity (Wildman–Crippen MR) is 85.0 cm³/mol. The number of carboxylic acid groups (broad SMARTS) is 1. The molecule has 0 saturated carbocycles. The molecule has 1 fully saturated rings. The van der Waals surface area contributed by atoms with Crippen LogP contribution in [0.2, 0.25) is 0 Å². The highest BCUT2D eigenvalue weighted by molar-refractivity contribution is 5.90. The molecule has 2 amide bonds. The number of aliphatic carboxylic acids is 1. The molecule has 7 nitrogen and oxygen atoms in total. The van der Waals surface area contributed by atoms with Crippen LogP contribution < -0.4 is 5.32 Å². The number of nitrogens with one attached hydrogen (secondary N) is 2. The molecule has 1 saturated heterocycles. The summed E-state index contributed by atoms with van der Waals surface area (Å²) >= 11 is 0. The zero-order chi connectivity index (χ0) is 16.2. The van der Waals surface area contributed by atoms with E-state index in [1.807, 2.05) is 30.3 Å². The zero-order valence-corrected chi connectivity index (χ0v) is 12.5. The number of amides is 2. The van der Waals surface area contributed by atoms with Crippen molar-refractivity contribution < 1.29 is 14.7 Å². The molecule has 0 radical (unpaired) electrons. The molecule has 120 valence electrons. The highest BCUT2D eigenvalue weighted by Crippen LogP contribution is 2.21. The van der Waals surface area contributed by atoms with Crippen LogP contribution in [0.1, 0.15) is 12.8 Å². The third kappa shape index (κ3) is 3.50. The number of piperidine rings is 1. The van der Waals surface area contributed by atoms with Gasteiger partial charge in [-0.05, 0) is 36.6 Å². The molecule has 23 heavy (non-hydrogen) atoms. The van der Waals surface area contributed by atoms with Gasteiger partial charge in [0.1, 0.15) is 0 Å². The molecule has 3 rings (SSSR count). The van der Waals surface area contributed by atoms with E-state index in [4.69, 9.17) is 5.11 Å². The zero-order valence-electron chi connectivity index (χ0n) is 12.5. The van der Waals surface area contributed by atoms with Gasteiger partial charge in [0, 0.05) is 25.0 Å². The lowest BCUT2D eigenvalue weighted by molar-refractivity contribution is -0.143. The topological polar surface area (TPSA) is 98.3 Å². The Morgan fingerprint density at radius 3 is 2.70 bits per heavy atom. The lowest BCUT2D eigenvalue weighted by Gasteiger charge is -2.30. The number of urea groups is 1. The Morgan fingerprint density at radius 2 is 2.04 bits per heavy atom. The number of anilines is 1. The number of rotatable bonds is 3. The number of benzene rings is 1. The molecular weight excluding hydrogens is 296 g/mol. The number of hydrogen-bond acceptors (Lipinski definition) is 3. The van der Waals surface area contributed by atoms with E-state index in [0.29, 0.717) is 25.1 Å². The van der Waals surface area contributed by atoms with Crippen molar-refractivity contribution in [3.63, 3.8) is 0 Å². The molecule has 1 aliphatic rings. The van der Waals surface area contributed by atoms with E-state index in [1.165, 1.54) is 0 Å². The van der Waals surface area contributed by atoms with Crippen LogP contribution >= 0.6 is 0 Å². The lowest BCUT2D eigenvalue weighted by atomic mass is 9.99. The molecule has 2 aromatic rings. The van der Waals surface area contributed by atoms with Crippen molar-refractivity contribution in [1.82, 2.24) is 15.1 Å². The average molecular weight is 314 g/mol. The smallest absolute Gasteiger partial charge is 0.321 e. The first-order valence-electron chi connectivity index (χ1n) is 7.52. The van der Waals surface area contributed by atoms with Crippen molar-refractivity contribution in [2.75, 3.05) is 18.4 Å². The van der Waals surface area contributed by atoms with Crippen molar-refractivity contribution in [2.24, 2.45) is 5.92 Å². The van der Waals surface area contributed by atoms with E-state index in [-0.39, 0.29) is 12.6 Å². The van der Waals surface area contributed by atoms with Crippen LogP contribution in [-0.4, -0.2) is 45.3 Å². The molecule has 1 aliphatic heterocycles. The maximum atomic E-state index is 12.3. The van der Waals surface area contributed by atoms with Crippen molar-refractivity contribution in [1.29, 1.82) is 0 Å². The molecule has 1 aromatic carbocycles. The van der Waals surface area contributed by atoms with Gasteiger partial charge in [-0.1, -0.05) is 12.1 Å². The molecule has 3 N–H and O–H groups in total. The quantitative estimate of drug-likeness (QED) is 0.810. The normalized spacial score (nSPS) is 17.7. The first-order chi connectivity index (χ1) is 11.1. The van der Waals surface area contributed by atoms with Crippen LogP contribution in [0, 0.1) is 5.92 Å². The first-order valence-corrected chi connectivity index (χ1v) is 7.52. The number of carbonyl (C=O) groups is 2. The van der Waals surface area contributed by atoms with Gasteiger partial charge in [0.05, 0.1) is 11.6 Å². The summed E-state index contributed by atoms with van der Waals surface area (Å²) in [5.74, 6) is -1.32. The fourth-order valence-electron chi connectivity index (χ4n) is 2.72. The third-order valence-electron chi connectivity index (χ3n) is 4.01. The molecule has 0 aliphatic carbocycles. The maximum Gasteiger partial charge on any atom is 0.321 e. The molecule has 2 heterocycles. The molecule has 0 bridgehead atoms. The van der Waals surface area contributed by atoms with Gasteiger partial charge >= 0.3 is 12.0 Å². The standard InChI is InChI=1S/C16H18N4O3/c21-15(22)12-2-1-9-20(10-12)16(23)18-13-5-3-11(4-6-13)14-7-8-17-19-14/h3-8,12H,1-2,9-10H2,(H,17,19)(H,18,23)(H,21,22). The fraction of sp³-hybridized carbons (Fsp3) is 0.312. The Kier molecular flexibility index (Phi) is 4.27. The number of carboxylic acids is 1. The number of H-pyrrole nitrogens is 1. The number of aromatic amines is 1. The second-order valence-corrected chi connectivity index (χ2v) is 5.60. The highest BCUT2D eigenvalue weighted by atomic mass is 16.4. The molecular formula is C16H18N4O3. The van der Waals surface area contributed by atoms with Crippen LogP contribution in [0.4, 0.5) is 10.5 Å². The Bertz CT molecular complexity index is 682. The van der Waals surface area contributed by atoms with Crippen molar-refractivity contribution in [3.05, 3.63) is 36.5 Å². The van der Waals surface area contributed by atoms with Gasteiger partial charge in [-0.25, -0.2) is 4.79 Å². The van der Waals surface area contributed by atoms with Gasteiger partial charge in [-0.15, -0.1) is 0 Å². The number of aromatic nitrogens is 2. The minimum Gasteiger partial charge on any atom is -0.481 e. The van der Waals surface area contributed by atoms with Gasteiger partial charge in [0.15, 0.2) is 0 Å². The van der Waals surface area contributed by atoms with Gasteiger partial charge < -0.3 is 15.3 Å². The monoisotopic (exact) mass is 314 g/mol. The van der Waals surface area contributed by atoms with Crippen molar-refractivity contribution in [3.8, 4) is 11.3 Å². The number of nitrogens with zero attached hydrogens (tertiary/aromatic N) is 2. The molecule has 7 heteroatoms. The largest absolute Gasteiger partial charge is 0.481 e. The molecule has 0 spiro atoms. The second-order valence-electron chi connectivity index (χ2n) is 5.60. The molecule has 1 unspecified atom stereocenters. The Labute approximate surface area is 133 Å². The maximum absolute atomic E-state index is 12.3. The van der Waals surface area contributed by atoms with Crippen LogP contribution in [-0.2, 0) is 4.79 Å². The fourth-order valence-corrected chi connectivity index (χ4v) is 2.72. The van der Waals surface area contributed by atoms with Crippen LogP contribution in [0.15, 0.2) is 36.5 Å². The minimum absolute atomic E-state index is 0.257. The second kappa shape index (κ2) is 6.51. The summed E-state index contributed by atoms with van der Waals surface area (Å²) in [4.78, 5) is 24.9. The van der Waals surface area contributed by atoms with Gasteiger partial charge in [-0.2, -0.15) is 5.10 Å². The summed E-state index contributed by atoms with van der Waals surface area (Å²) in [6, 6.07) is 9.01. The Hall–Kier alpha value is -2.83. The third-order valence-corrected chi connectivity index (χ3v) is 4.01. The summed E-state index contributed by atoms with van der Waals surface area (Å²) in [6.45, 7) is 0.842. The van der Waals surface area contributed by atoms with E-state index in [9.17, 15) is 9.59 Å². The summed E-state index contributed by atoms with van der Waals surface area (Å²) in [6.07, 6.45) is 3.02. The minimum atomic E-state index is -0.841. The van der Waals surface area contributed by atoms with E-state index >= 15 is 0 Å². The van der Waals surface area contributed by atoms with Crippen LogP contribution in [0.25, 0.3) is 11.3 Å². The lowest BCUT2D eigenvalue weighted by Crippen LogP contribution is -2.44. The molecule has 1 aromatic heterocycles. The highest BCUT2D eigenvalue weighted by Gasteiger charge is 2.28. The number of carbonyl (C=O) groups excluding carboxylic acids is 1. The van der Waals surface area contributed by atoms with Gasteiger partial charge in [-0.3, -0.25) is 9.89 Å². The van der Waals surface area contributed by atoms with Crippen molar-refractivity contribution >= 4 is 17.7 Å². The number of hydrogen-bond donors (Lipinski definition) is 3. The average Bonchev–Trinajstić information content (AvgIpc) is 3.10. The SMILES string of the molecule is O=C(O)C1CCCN(C(=O)Nc2ccc(-c3ccn[nH]3)cc2)C1. The summed E-state index contributed by atoms with van der Waals surface area (Å²) in [7, 11) is 0. The van der Waals surface area contributed by atoms with Crippen LogP contribution in [0.3, 0.4) is 0 Å². The Morgan fingerprint density at radius 1 is 1.26 bits per heavy atom. The predicted octanol–water partition coefficient (Wildman–Crippen LogP) is 2.41. The molecule has 1 atom stereocenters. The summed E-state index contributed by atoms with van der Waals surface area (Å²) < 4.78 is 0. The summed E-state index contributed by atoms with van der Waals surface area (Å²) in [5, 5.41) is 18.7. The van der Waals surface area contributed by atoms with Crippen molar-refractivity contribution in [2.45, 2.75) is 12.8 Å². The summed E-state index contributed by atoms with van der Waals surface area (Å²) in [5.41, 5.74) is 2.56. The van der Waals surface area contributed by atoms with Gasteiger partial charge in [0.25, 0.3) is 0 Å². The van der Waals surface area contributed by atoms with E-state index in [0.717, 1.165) is 11.3 Å². The van der Waals surface area contributed by atoms with Crippen LogP contribution in [0.5, 0.6) is 0 Å². The van der Waals surface area contributed by atoms with E-state index in [1.54, 1.807) is 11.1 Å². The Balaban J connectivity index is 1.62. The van der Waals surface area contributed by atoms with Gasteiger partial charge in [0.2, 0.25) is 0 Å². The first kappa shape index (κ1) is 15.1.